The van der Waals surface area contributed by atoms with E-state index in [1.807, 2.05) is 0 Å². The third-order valence-corrected chi connectivity index (χ3v) is 2.07. The number of fused-ring (bicyclic) bond motifs is 1. The van der Waals surface area contributed by atoms with Crippen molar-refractivity contribution in [3.63, 3.8) is 0 Å². The predicted molar refractivity (Wildman–Crippen MR) is 51.6 cm³/mol. The zero-order valence-corrected chi connectivity index (χ0v) is 7.56. The summed E-state index contributed by atoms with van der Waals surface area (Å²) in [4.78, 5) is 3.86. The molecule has 2 rings (SSSR count). The van der Waals surface area contributed by atoms with Crippen LogP contribution >= 0.6 is 0 Å². The number of rotatable bonds is 1. The van der Waals surface area contributed by atoms with Gasteiger partial charge in [0.25, 0.3) is 0 Å². The molecule has 14 heavy (non-hydrogen) atoms. The summed E-state index contributed by atoms with van der Waals surface area (Å²) in [5.41, 5.74) is 0. The van der Waals surface area contributed by atoms with Crippen molar-refractivity contribution < 1.29 is 14.9 Å². The number of aromatic hydroxyl groups is 2. The van der Waals surface area contributed by atoms with Gasteiger partial charge in [0.15, 0.2) is 11.5 Å². The van der Waals surface area contributed by atoms with Crippen molar-refractivity contribution in [2.75, 3.05) is 7.11 Å². The zero-order chi connectivity index (χ0) is 10.1. The number of aromatic nitrogens is 1. The van der Waals surface area contributed by atoms with Gasteiger partial charge in [0.1, 0.15) is 0 Å². The van der Waals surface area contributed by atoms with E-state index in [0.29, 0.717) is 5.39 Å². The molecule has 0 aliphatic carbocycles. The van der Waals surface area contributed by atoms with Gasteiger partial charge in [0, 0.05) is 17.8 Å². The number of ether oxygens (including phenoxy) is 1. The van der Waals surface area contributed by atoms with Crippen molar-refractivity contribution >= 4 is 10.8 Å². The molecule has 0 amide bonds. The van der Waals surface area contributed by atoms with E-state index in [4.69, 9.17) is 4.74 Å². The van der Waals surface area contributed by atoms with Crippen LogP contribution in [0.1, 0.15) is 0 Å². The van der Waals surface area contributed by atoms with E-state index >= 15 is 0 Å². The van der Waals surface area contributed by atoms with E-state index in [9.17, 15) is 10.2 Å². The van der Waals surface area contributed by atoms with Crippen LogP contribution in [0, 0.1) is 0 Å². The van der Waals surface area contributed by atoms with Gasteiger partial charge in [-0.3, -0.25) is 4.98 Å². The van der Waals surface area contributed by atoms with E-state index < -0.39 is 0 Å². The summed E-state index contributed by atoms with van der Waals surface area (Å²) in [5, 5.41) is 20.4. The van der Waals surface area contributed by atoms with Crippen LogP contribution in [0.15, 0.2) is 24.5 Å². The highest BCUT2D eigenvalue weighted by molar-refractivity contribution is 5.91. The number of hydrogen-bond acceptors (Lipinski definition) is 4. The Balaban J connectivity index is 2.85. The van der Waals surface area contributed by atoms with Gasteiger partial charge < -0.3 is 14.9 Å². The Labute approximate surface area is 80.4 Å². The van der Waals surface area contributed by atoms with E-state index in [1.54, 1.807) is 18.3 Å². The van der Waals surface area contributed by atoms with Crippen LogP contribution in [0.2, 0.25) is 0 Å². The highest BCUT2D eigenvalue weighted by Gasteiger charge is 2.11. The van der Waals surface area contributed by atoms with Crippen LogP contribution in [-0.2, 0) is 0 Å². The topological polar surface area (TPSA) is 62.6 Å². The molecular weight excluding hydrogens is 182 g/mol. The Hall–Kier alpha value is -1.97. The molecule has 2 aromatic rings. The summed E-state index contributed by atoms with van der Waals surface area (Å²) in [5.74, 6) is -0.207. The number of phenols is 2. The van der Waals surface area contributed by atoms with Gasteiger partial charge in [-0.25, -0.2) is 0 Å². The number of nitrogens with zero attached hydrogens (tertiary/aromatic N) is 1. The summed E-state index contributed by atoms with van der Waals surface area (Å²) >= 11 is 0. The molecular formula is C10H9NO3. The fourth-order valence-electron chi connectivity index (χ4n) is 1.34. The second-order valence-corrected chi connectivity index (χ2v) is 2.87. The van der Waals surface area contributed by atoms with Gasteiger partial charge in [-0.15, -0.1) is 0 Å². The largest absolute Gasteiger partial charge is 0.504 e. The first kappa shape index (κ1) is 8.62. The zero-order valence-electron chi connectivity index (χ0n) is 7.56. The first-order chi connectivity index (χ1) is 6.74. The molecule has 2 N–H and O–H groups in total. The van der Waals surface area contributed by atoms with Crippen LogP contribution < -0.4 is 4.74 Å². The molecule has 72 valence electrons. The Morgan fingerprint density at radius 1 is 1.29 bits per heavy atom. The third-order valence-electron chi connectivity index (χ3n) is 2.07. The molecule has 0 unspecified atom stereocenters. The van der Waals surface area contributed by atoms with Gasteiger partial charge in [-0.1, -0.05) is 0 Å². The second-order valence-electron chi connectivity index (χ2n) is 2.87. The van der Waals surface area contributed by atoms with Gasteiger partial charge in [0.2, 0.25) is 5.75 Å². The Morgan fingerprint density at radius 3 is 2.79 bits per heavy atom. The minimum absolute atomic E-state index is 0.201. The average molecular weight is 191 g/mol. The normalized spacial score (nSPS) is 10.4. The number of pyridine rings is 1. The molecule has 4 heteroatoms. The van der Waals surface area contributed by atoms with E-state index in [-0.39, 0.29) is 17.2 Å². The fraction of sp³-hybridized carbons (Fsp3) is 0.100. The van der Waals surface area contributed by atoms with Gasteiger partial charge >= 0.3 is 0 Å². The molecule has 0 spiro atoms. The van der Waals surface area contributed by atoms with Crippen molar-refractivity contribution in [3.05, 3.63) is 24.5 Å². The summed E-state index contributed by atoms with van der Waals surface area (Å²) in [7, 11) is 1.43. The van der Waals surface area contributed by atoms with Crippen molar-refractivity contribution in [1.82, 2.24) is 4.98 Å². The Kier molecular flexibility index (Phi) is 1.89. The SMILES string of the molecule is COc1cc2ccncc2c(O)c1O. The number of phenolic OH excluding ortho intramolecular Hbond substituents is 2. The Bertz CT molecular complexity index is 482. The quantitative estimate of drug-likeness (QED) is 0.673. The molecule has 0 saturated heterocycles. The predicted octanol–water partition coefficient (Wildman–Crippen LogP) is 1.65. The third kappa shape index (κ3) is 1.12. The van der Waals surface area contributed by atoms with Crippen LogP contribution in [0.25, 0.3) is 10.8 Å². The highest BCUT2D eigenvalue weighted by Crippen LogP contribution is 2.40. The minimum atomic E-state index is -0.256. The van der Waals surface area contributed by atoms with Crippen LogP contribution in [0.5, 0.6) is 17.2 Å². The molecule has 1 aromatic carbocycles. The van der Waals surface area contributed by atoms with Crippen molar-refractivity contribution in [2.45, 2.75) is 0 Å². The highest BCUT2D eigenvalue weighted by atomic mass is 16.5. The van der Waals surface area contributed by atoms with Crippen molar-refractivity contribution in [2.24, 2.45) is 0 Å². The summed E-state index contributed by atoms with van der Waals surface area (Å²) in [6.45, 7) is 0. The molecule has 1 aromatic heterocycles. The Morgan fingerprint density at radius 2 is 2.07 bits per heavy atom. The molecule has 4 nitrogen and oxygen atoms in total. The molecule has 0 saturated carbocycles. The van der Waals surface area contributed by atoms with Crippen LogP contribution in [-0.4, -0.2) is 22.3 Å². The molecule has 0 bridgehead atoms. The van der Waals surface area contributed by atoms with Crippen LogP contribution in [0.4, 0.5) is 0 Å². The van der Waals surface area contributed by atoms with Crippen molar-refractivity contribution in [3.8, 4) is 17.2 Å². The van der Waals surface area contributed by atoms with Gasteiger partial charge in [-0.2, -0.15) is 0 Å². The lowest BCUT2D eigenvalue weighted by Gasteiger charge is -2.07. The maximum atomic E-state index is 9.60. The lowest BCUT2D eigenvalue weighted by Crippen LogP contribution is -1.85. The number of hydrogen-bond donors (Lipinski definition) is 2. The fourth-order valence-corrected chi connectivity index (χ4v) is 1.34. The van der Waals surface area contributed by atoms with Crippen LogP contribution in [0.3, 0.4) is 0 Å². The molecule has 1 heterocycles. The van der Waals surface area contributed by atoms with E-state index in [0.717, 1.165) is 5.39 Å². The summed E-state index contributed by atoms with van der Waals surface area (Å²) in [6.07, 6.45) is 3.10. The molecule has 0 radical (unpaired) electrons. The number of benzene rings is 1. The monoisotopic (exact) mass is 191 g/mol. The van der Waals surface area contributed by atoms with E-state index in [2.05, 4.69) is 4.98 Å². The lowest BCUT2D eigenvalue weighted by atomic mass is 10.1. The minimum Gasteiger partial charge on any atom is -0.504 e. The van der Waals surface area contributed by atoms with Gasteiger partial charge in [-0.05, 0) is 17.5 Å². The van der Waals surface area contributed by atoms with Gasteiger partial charge in [0.05, 0.1) is 7.11 Å². The second kappa shape index (κ2) is 3.06. The summed E-state index contributed by atoms with van der Waals surface area (Å²) < 4.78 is 4.90. The smallest absolute Gasteiger partial charge is 0.201 e. The first-order valence-electron chi connectivity index (χ1n) is 4.06. The summed E-state index contributed by atoms with van der Waals surface area (Å²) in [6, 6.07) is 3.38. The average Bonchev–Trinajstić information content (AvgIpc) is 2.23. The molecule has 0 aliphatic heterocycles. The standard InChI is InChI=1S/C10H9NO3/c1-14-8-4-6-2-3-11-5-7(6)9(12)10(8)13/h2-5,12-13H,1H3. The maximum Gasteiger partial charge on any atom is 0.201 e. The lowest BCUT2D eigenvalue weighted by molar-refractivity contribution is 0.353. The maximum absolute atomic E-state index is 9.60. The first-order valence-corrected chi connectivity index (χ1v) is 4.06. The van der Waals surface area contributed by atoms with E-state index in [1.165, 1.54) is 13.3 Å². The van der Waals surface area contributed by atoms with Crippen molar-refractivity contribution in [1.29, 1.82) is 0 Å². The molecule has 0 atom stereocenters. The molecule has 0 fully saturated rings. The molecule has 0 aliphatic rings. The number of methoxy groups -OCH3 is 1.